The van der Waals surface area contributed by atoms with Crippen molar-refractivity contribution >= 4 is 22.3 Å². The van der Waals surface area contributed by atoms with Crippen LogP contribution >= 0.6 is 11.3 Å². The Morgan fingerprint density at radius 1 is 1.32 bits per heavy atom. The summed E-state index contributed by atoms with van der Waals surface area (Å²) in [5, 5.41) is 10.3. The molecule has 1 aliphatic rings. The quantitative estimate of drug-likeness (QED) is 0.543. The number of halogens is 1. The van der Waals surface area contributed by atoms with Gasteiger partial charge >= 0.3 is 0 Å². The van der Waals surface area contributed by atoms with Crippen molar-refractivity contribution in [3.8, 4) is 5.75 Å². The van der Waals surface area contributed by atoms with Gasteiger partial charge in [0, 0.05) is 31.7 Å². The van der Waals surface area contributed by atoms with E-state index in [1.165, 1.54) is 17.1 Å². The van der Waals surface area contributed by atoms with Gasteiger partial charge in [-0.3, -0.25) is 0 Å². The molecule has 1 saturated heterocycles. The molecule has 0 saturated carbocycles. The lowest BCUT2D eigenvalue weighted by atomic mass is 10.1. The highest BCUT2D eigenvalue weighted by Gasteiger charge is 2.20. The van der Waals surface area contributed by atoms with Crippen molar-refractivity contribution in [1.82, 2.24) is 10.6 Å². The van der Waals surface area contributed by atoms with Crippen LogP contribution in [0, 0.1) is 5.82 Å². The normalized spacial score (nSPS) is 16.7. The van der Waals surface area contributed by atoms with Gasteiger partial charge in [0.05, 0.1) is 11.5 Å². The van der Waals surface area contributed by atoms with Gasteiger partial charge < -0.3 is 20.3 Å². The SMILES string of the molecule is CCNC(=NCC(C)Oc1cccc(F)c1)NC1CCN(c2cccs2)CC1. The van der Waals surface area contributed by atoms with Crippen LogP contribution in [0.3, 0.4) is 0 Å². The number of ether oxygens (including phenoxy) is 1. The van der Waals surface area contributed by atoms with Crippen LogP contribution in [0.1, 0.15) is 26.7 Å². The number of guanidine groups is 1. The number of thiophene rings is 1. The molecule has 0 radical (unpaired) electrons. The Bertz CT molecular complexity index is 745. The molecule has 5 nitrogen and oxygen atoms in total. The minimum absolute atomic E-state index is 0.141. The zero-order valence-corrected chi connectivity index (χ0v) is 17.3. The molecule has 2 aromatic rings. The maximum absolute atomic E-state index is 13.3. The third kappa shape index (κ3) is 6.12. The topological polar surface area (TPSA) is 48.9 Å². The van der Waals surface area contributed by atoms with Gasteiger partial charge in [-0.05, 0) is 56.3 Å². The van der Waals surface area contributed by atoms with E-state index in [1.807, 2.05) is 6.92 Å². The van der Waals surface area contributed by atoms with E-state index >= 15 is 0 Å². The van der Waals surface area contributed by atoms with Crippen molar-refractivity contribution in [2.24, 2.45) is 4.99 Å². The zero-order valence-electron chi connectivity index (χ0n) is 16.5. The van der Waals surface area contributed by atoms with Crippen molar-refractivity contribution in [2.45, 2.75) is 38.8 Å². The summed E-state index contributed by atoms with van der Waals surface area (Å²) < 4.78 is 19.0. The highest BCUT2D eigenvalue weighted by atomic mass is 32.1. The smallest absolute Gasteiger partial charge is 0.191 e. The molecule has 7 heteroatoms. The molecule has 1 unspecified atom stereocenters. The number of benzene rings is 1. The van der Waals surface area contributed by atoms with Gasteiger partial charge in [-0.25, -0.2) is 9.38 Å². The van der Waals surface area contributed by atoms with Crippen molar-refractivity contribution in [3.05, 3.63) is 47.6 Å². The Balaban J connectivity index is 1.48. The fourth-order valence-corrected chi connectivity index (χ4v) is 4.02. The van der Waals surface area contributed by atoms with Crippen LogP contribution in [0.5, 0.6) is 5.75 Å². The van der Waals surface area contributed by atoms with Gasteiger partial charge in [0.15, 0.2) is 5.96 Å². The van der Waals surface area contributed by atoms with E-state index in [0.717, 1.165) is 38.4 Å². The molecule has 152 valence electrons. The van der Waals surface area contributed by atoms with Gasteiger partial charge in [0.2, 0.25) is 0 Å². The first-order chi connectivity index (χ1) is 13.6. The van der Waals surface area contributed by atoms with Crippen LogP contribution in [0.2, 0.25) is 0 Å². The number of anilines is 1. The maximum Gasteiger partial charge on any atom is 0.191 e. The van der Waals surface area contributed by atoms with Gasteiger partial charge in [-0.1, -0.05) is 6.07 Å². The van der Waals surface area contributed by atoms with E-state index < -0.39 is 0 Å². The number of rotatable bonds is 7. The molecule has 0 aliphatic carbocycles. The molecule has 28 heavy (non-hydrogen) atoms. The Labute approximate surface area is 170 Å². The average molecular weight is 405 g/mol. The summed E-state index contributed by atoms with van der Waals surface area (Å²) in [6.45, 7) is 7.41. The number of hydrogen-bond acceptors (Lipinski definition) is 4. The molecular weight excluding hydrogens is 375 g/mol. The first-order valence-corrected chi connectivity index (χ1v) is 10.8. The van der Waals surface area contributed by atoms with Crippen molar-refractivity contribution in [1.29, 1.82) is 0 Å². The van der Waals surface area contributed by atoms with E-state index in [9.17, 15) is 4.39 Å². The summed E-state index contributed by atoms with van der Waals surface area (Å²) in [6.07, 6.45) is 2.02. The number of nitrogens with one attached hydrogen (secondary N) is 2. The second-order valence-corrected chi connectivity index (χ2v) is 7.89. The van der Waals surface area contributed by atoms with E-state index in [2.05, 4.69) is 45.0 Å². The molecular formula is C21H29FN4OS. The van der Waals surface area contributed by atoms with Crippen LogP contribution in [0.4, 0.5) is 9.39 Å². The molecule has 2 heterocycles. The van der Waals surface area contributed by atoms with Gasteiger partial charge in [0.1, 0.15) is 17.7 Å². The molecule has 1 aliphatic heterocycles. The van der Waals surface area contributed by atoms with E-state index in [-0.39, 0.29) is 11.9 Å². The lowest BCUT2D eigenvalue weighted by molar-refractivity contribution is 0.229. The Kier molecular flexibility index (Phi) is 7.54. The highest BCUT2D eigenvalue weighted by Crippen LogP contribution is 2.24. The van der Waals surface area contributed by atoms with Crippen LogP contribution in [-0.2, 0) is 0 Å². The van der Waals surface area contributed by atoms with Crippen molar-refractivity contribution in [2.75, 3.05) is 31.1 Å². The second kappa shape index (κ2) is 10.3. The van der Waals surface area contributed by atoms with Crippen LogP contribution in [-0.4, -0.2) is 44.3 Å². The lowest BCUT2D eigenvalue weighted by Crippen LogP contribution is -2.49. The molecule has 3 rings (SSSR count). The number of aliphatic imine (C=N–C) groups is 1. The molecule has 1 atom stereocenters. The van der Waals surface area contributed by atoms with E-state index in [0.29, 0.717) is 18.3 Å². The summed E-state index contributed by atoms with van der Waals surface area (Å²) in [5.74, 6) is 1.05. The number of piperidine rings is 1. The summed E-state index contributed by atoms with van der Waals surface area (Å²) in [5.41, 5.74) is 0. The molecule has 2 N–H and O–H groups in total. The Hall–Kier alpha value is -2.28. The summed E-state index contributed by atoms with van der Waals surface area (Å²) in [7, 11) is 0. The Morgan fingerprint density at radius 3 is 2.82 bits per heavy atom. The fourth-order valence-electron chi connectivity index (χ4n) is 3.24. The van der Waals surface area contributed by atoms with Crippen molar-refractivity contribution in [3.63, 3.8) is 0 Å². The minimum atomic E-state index is -0.294. The lowest BCUT2D eigenvalue weighted by Gasteiger charge is -2.33. The number of nitrogens with zero attached hydrogens (tertiary/aromatic N) is 2. The van der Waals surface area contributed by atoms with Crippen molar-refractivity contribution < 1.29 is 9.13 Å². The predicted octanol–water partition coefficient (Wildman–Crippen LogP) is 3.88. The van der Waals surface area contributed by atoms with Crippen LogP contribution < -0.4 is 20.3 Å². The molecule has 0 amide bonds. The fraction of sp³-hybridized carbons (Fsp3) is 0.476. The maximum atomic E-state index is 13.3. The summed E-state index contributed by atoms with van der Waals surface area (Å²) in [4.78, 5) is 7.11. The monoisotopic (exact) mass is 404 g/mol. The van der Waals surface area contributed by atoms with E-state index in [4.69, 9.17) is 4.74 Å². The standard InChI is InChI=1S/C21H29FN4OS/c1-3-23-21(24-15-16(2)27-19-7-4-6-17(22)14-19)25-18-9-11-26(12-10-18)20-8-5-13-28-20/h4-8,13-14,16,18H,3,9-12,15H2,1-2H3,(H2,23,24,25). The second-order valence-electron chi connectivity index (χ2n) is 6.96. The van der Waals surface area contributed by atoms with Gasteiger partial charge in [-0.2, -0.15) is 0 Å². The molecule has 0 spiro atoms. The molecule has 1 aromatic heterocycles. The zero-order chi connectivity index (χ0) is 19.8. The molecule has 1 aromatic carbocycles. The van der Waals surface area contributed by atoms with Crippen LogP contribution in [0.15, 0.2) is 46.8 Å². The first-order valence-electron chi connectivity index (χ1n) is 9.89. The average Bonchev–Trinajstić information content (AvgIpc) is 3.22. The number of hydrogen-bond donors (Lipinski definition) is 2. The molecule has 1 fully saturated rings. The third-order valence-electron chi connectivity index (χ3n) is 4.64. The summed E-state index contributed by atoms with van der Waals surface area (Å²) in [6, 6.07) is 10.9. The highest BCUT2D eigenvalue weighted by molar-refractivity contribution is 7.14. The largest absolute Gasteiger partial charge is 0.489 e. The Morgan fingerprint density at radius 2 is 2.14 bits per heavy atom. The third-order valence-corrected chi connectivity index (χ3v) is 5.57. The van der Waals surface area contributed by atoms with Crippen LogP contribution in [0.25, 0.3) is 0 Å². The minimum Gasteiger partial charge on any atom is -0.489 e. The van der Waals surface area contributed by atoms with Gasteiger partial charge in [0.25, 0.3) is 0 Å². The van der Waals surface area contributed by atoms with E-state index in [1.54, 1.807) is 23.5 Å². The predicted molar refractivity (Wildman–Crippen MR) is 115 cm³/mol. The summed E-state index contributed by atoms with van der Waals surface area (Å²) >= 11 is 1.80. The van der Waals surface area contributed by atoms with Gasteiger partial charge in [-0.15, -0.1) is 11.3 Å². The first kappa shape index (κ1) is 20.5. The molecule has 0 bridgehead atoms.